The van der Waals surface area contributed by atoms with Crippen LogP contribution in [-0.2, 0) is 13.5 Å². The lowest BCUT2D eigenvalue weighted by molar-refractivity contribution is 0.564. The van der Waals surface area contributed by atoms with Crippen molar-refractivity contribution in [3.8, 4) is 0 Å². The Labute approximate surface area is 169 Å². The van der Waals surface area contributed by atoms with Gasteiger partial charge in [0.25, 0.3) is 0 Å². The van der Waals surface area contributed by atoms with E-state index < -0.39 is 0 Å². The van der Waals surface area contributed by atoms with Gasteiger partial charge in [0, 0.05) is 18.6 Å². The van der Waals surface area contributed by atoms with Crippen molar-refractivity contribution >= 4 is 43.7 Å². The Morgan fingerprint density at radius 3 is 2.61 bits per heavy atom. The Hall–Kier alpha value is -2.60. The maximum atomic E-state index is 4.72. The zero-order valence-corrected chi connectivity index (χ0v) is 17.9. The Bertz CT molecular complexity index is 1090. The van der Waals surface area contributed by atoms with Crippen molar-refractivity contribution in [3.63, 3.8) is 0 Å². The first-order valence-electron chi connectivity index (χ1n) is 9.66. The topological polar surface area (TPSA) is 54.8 Å². The first-order valence-corrected chi connectivity index (χ1v) is 10.5. The average molecular weight is 394 g/mol. The van der Waals surface area contributed by atoms with Gasteiger partial charge in [-0.15, -0.1) is 0 Å². The normalized spacial score (nSPS) is 12.2. The number of anilines is 2. The summed E-state index contributed by atoms with van der Waals surface area (Å²) in [5.41, 5.74) is 4.39. The second-order valence-electron chi connectivity index (χ2n) is 8.29. The van der Waals surface area contributed by atoms with Gasteiger partial charge in [-0.3, -0.25) is 0 Å². The van der Waals surface area contributed by atoms with E-state index in [0.717, 1.165) is 34.1 Å². The van der Waals surface area contributed by atoms with E-state index >= 15 is 0 Å². The lowest BCUT2D eigenvalue weighted by atomic mass is 9.95. The highest BCUT2D eigenvalue weighted by molar-refractivity contribution is 7.22. The first kappa shape index (κ1) is 18.7. The highest BCUT2D eigenvalue weighted by atomic mass is 32.1. The molecule has 2 N–H and O–H groups in total. The summed E-state index contributed by atoms with van der Waals surface area (Å²) in [6.07, 6.45) is 0.900. The number of hydrogen-bond acceptors (Lipinski definition) is 5. The third-order valence-electron chi connectivity index (χ3n) is 4.75. The quantitative estimate of drug-likeness (QED) is 0.458. The molecular weight excluding hydrogens is 366 g/mol. The van der Waals surface area contributed by atoms with Crippen LogP contribution in [0.3, 0.4) is 0 Å². The minimum Gasteiger partial charge on any atom is -0.356 e. The molecule has 2 heterocycles. The predicted molar refractivity (Wildman–Crippen MR) is 120 cm³/mol. The monoisotopic (exact) mass is 393 g/mol. The van der Waals surface area contributed by atoms with Crippen LogP contribution in [0.5, 0.6) is 0 Å². The smallest absolute Gasteiger partial charge is 0.203 e. The molecule has 28 heavy (non-hydrogen) atoms. The number of nitrogens with one attached hydrogen (secondary N) is 2. The molecule has 0 aliphatic carbocycles. The fraction of sp³-hybridized carbons (Fsp3) is 0.364. The molecule has 5 nitrogen and oxygen atoms in total. The average Bonchev–Trinajstić information content (AvgIpc) is 3.14. The molecule has 2 aromatic heterocycles. The van der Waals surface area contributed by atoms with Crippen molar-refractivity contribution in [1.29, 1.82) is 0 Å². The van der Waals surface area contributed by atoms with Crippen LogP contribution in [0, 0.1) is 0 Å². The fourth-order valence-corrected chi connectivity index (χ4v) is 4.55. The predicted octanol–water partition coefficient (Wildman–Crippen LogP) is 5.44. The third kappa shape index (κ3) is 3.83. The second kappa shape index (κ2) is 7.09. The lowest BCUT2D eigenvalue weighted by Gasteiger charge is -2.26. The van der Waals surface area contributed by atoms with Crippen LogP contribution in [0.15, 0.2) is 42.5 Å². The molecular formula is C22H27N5S. The van der Waals surface area contributed by atoms with Crippen LogP contribution in [0.2, 0.25) is 0 Å². The van der Waals surface area contributed by atoms with Crippen molar-refractivity contribution in [1.82, 2.24) is 14.5 Å². The maximum Gasteiger partial charge on any atom is 0.203 e. The Kier molecular flexibility index (Phi) is 4.75. The lowest BCUT2D eigenvalue weighted by Crippen LogP contribution is -2.33. The number of hydrogen-bond donors (Lipinski definition) is 2. The number of aryl methyl sites for hydroxylation is 1. The number of fused-ring (bicyclic) bond motifs is 2. The number of imidazole rings is 1. The van der Waals surface area contributed by atoms with Crippen molar-refractivity contribution in [2.75, 3.05) is 10.6 Å². The van der Waals surface area contributed by atoms with Crippen molar-refractivity contribution in [2.24, 2.45) is 7.05 Å². The summed E-state index contributed by atoms with van der Waals surface area (Å²) in [6, 6.07) is 15.2. The molecule has 4 rings (SSSR count). The van der Waals surface area contributed by atoms with Gasteiger partial charge in [-0.1, -0.05) is 29.5 Å². The van der Waals surface area contributed by atoms with Gasteiger partial charge in [0.2, 0.25) is 5.95 Å². The molecule has 0 bridgehead atoms. The molecule has 0 atom stereocenters. The Morgan fingerprint density at radius 1 is 1.07 bits per heavy atom. The minimum absolute atomic E-state index is 0.112. The van der Waals surface area contributed by atoms with Crippen molar-refractivity contribution < 1.29 is 0 Å². The molecule has 0 spiro atoms. The molecule has 146 valence electrons. The van der Waals surface area contributed by atoms with Gasteiger partial charge >= 0.3 is 0 Å². The Morgan fingerprint density at radius 2 is 1.86 bits per heavy atom. The zero-order valence-electron chi connectivity index (χ0n) is 17.1. The third-order valence-corrected chi connectivity index (χ3v) is 5.70. The molecule has 0 radical (unpaired) electrons. The van der Waals surface area contributed by atoms with Crippen molar-refractivity contribution in [2.45, 2.75) is 45.7 Å². The van der Waals surface area contributed by atoms with Crippen molar-refractivity contribution in [3.05, 3.63) is 48.0 Å². The zero-order chi connectivity index (χ0) is 19.9. The van der Waals surface area contributed by atoms with Gasteiger partial charge in [0.05, 0.1) is 21.3 Å². The number of aromatic nitrogens is 3. The molecule has 0 saturated heterocycles. The minimum atomic E-state index is -0.112. The second-order valence-corrected chi connectivity index (χ2v) is 9.32. The van der Waals surface area contributed by atoms with E-state index in [-0.39, 0.29) is 5.54 Å². The molecule has 0 aliphatic heterocycles. The Balaban J connectivity index is 1.56. The molecule has 0 unspecified atom stereocenters. The molecule has 6 heteroatoms. The van der Waals surface area contributed by atoms with E-state index in [1.54, 1.807) is 11.3 Å². The summed E-state index contributed by atoms with van der Waals surface area (Å²) in [5, 5.41) is 8.00. The van der Waals surface area contributed by atoms with Crippen LogP contribution in [0.25, 0.3) is 21.3 Å². The van der Waals surface area contributed by atoms with Gasteiger partial charge < -0.3 is 15.2 Å². The molecule has 0 aliphatic rings. The summed E-state index contributed by atoms with van der Waals surface area (Å²) in [6.45, 7) is 8.69. The largest absolute Gasteiger partial charge is 0.356 e. The van der Waals surface area contributed by atoms with E-state index in [4.69, 9.17) is 9.97 Å². The molecule has 4 aromatic rings. The summed E-state index contributed by atoms with van der Waals surface area (Å²) < 4.78 is 3.34. The van der Waals surface area contributed by atoms with E-state index in [9.17, 15) is 0 Å². The van der Waals surface area contributed by atoms with Gasteiger partial charge in [0.15, 0.2) is 5.13 Å². The van der Waals surface area contributed by atoms with Gasteiger partial charge in [-0.2, -0.15) is 0 Å². The van der Waals surface area contributed by atoms with Crippen LogP contribution >= 0.6 is 11.3 Å². The molecule has 0 amide bonds. The summed E-state index contributed by atoms with van der Waals surface area (Å²) in [5.74, 6) is 0.911. The summed E-state index contributed by atoms with van der Waals surface area (Å²) >= 11 is 1.70. The van der Waals surface area contributed by atoms with E-state index in [2.05, 4.69) is 86.3 Å². The number of benzene rings is 2. The molecule has 2 aromatic carbocycles. The van der Waals surface area contributed by atoms with E-state index in [0.29, 0.717) is 6.04 Å². The van der Waals surface area contributed by atoms with Crippen LogP contribution in [-0.4, -0.2) is 26.1 Å². The maximum absolute atomic E-state index is 4.72. The van der Waals surface area contributed by atoms with Gasteiger partial charge in [-0.05, 0) is 63.9 Å². The van der Waals surface area contributed by atoms with Crippen LogP contribution < -0.4 is 10.6 Å². The fourth-order valence-electron chi connectivity index (χ4n) is 3.50. The summed E-state index contributed by atoms with van der Waals surface area (Å²) in [7, 11) is 2.06. The molecule has 0 saturated carbocycles. The number of para-hydroxylation sites is 1. The van der Waals surface area contributed by atoms with Gasteiger partial charge in [-0.25, -0.2) is 9.97 Å². The van der Waals surface area contributed by atoms with Gasteiger partial charge in [0.1, 0.15) is 0 Å². The van der Waals surface area contributed by atoms with Crippen LogP contribution in [0.1, 0.15) is 33.3 Å². The highest BCUT2D eigenvalue weighted by Crippen LogP contribution is 2.29. The molecule has 0 fully saturated rings. The number of nitrogens with zero attached hydrogens (tertiary/aromatic N) is 3. The number of rotatable bonds is 6. The number of thiazole rings is 1. The SMILES string of the molecule is CC(C)Nc1nc2ccc(CC(C)(C)Nc3nc4ccccc4s3)cc2n1C. The van der Waals surface area contributed by atoms with E-state index in [1.165, 1.54) is 10.3 Å². The first-order chi connectivity index (χ1) is 13.3. The summed E-state index contributed by atoms with van der Waals surface area (Å²) in [4.78, 5) is 9.43. The highest BCUT2D eigenvalue weighted by Gasteiger charge is 2.21. The van der Waals surface area contributed by atoms with E-state index in [1.807, 2.05) is 6.07 Å². The van der Waals surface area contributed by atoms with Crippen LogP contribution in [0.4, 0.5) is 11.1 Å². The standard InChI is InChI=1S/C22H27N5S/c1-14(2)23-20-24-16-11-10-15(12-18(16)27(20)5)13-22(3,4)26-21-25-17-8-6-7-9-19(17)28-21/h6-12,14H,13H2,1-5H3,(H,23,24)(H,25,26).